The van der Waals surface area contributed by atoms with Gasteiger partial charge >= 0.3 is 11.8 Å². The summed E-state index contributed by atoms with van der Waals surface area (Å²) in [6.45, 7) is 1.30. The van der Waals surface area contributed by atoms with Gasteiger partial charge in [0.2, 0.25) is 0 Å². The molecule has 2 aromatic rings. The summed E-state index contributed by atoms with van der Waals surface area (Å²) >= 11 is 0. The fraction of sp³-hybridized carbons (Fsp3) is 0.500. The van der Waals surface area contributed by atoms with Crippen molar-refractivity contribution in [1.29, 1.82) is 0 Å². The summed E-state index contributed by atoms with van der Waals surface area (Å²) in [5.41, 5.74) is 1.40. The summed E-state index contributed by atoms with van der Waals surface area (Å²) < 4.78 is 1.75. The summed E-state index contributed by atoms with van der Waals surface area (Å²) in [4.78, 5) is 28.3. The van der Waals surface area contributed by atoms with Crippen molar-refractivity contribution in [2.24, 2.45) is 11.3 Å². The van der Waals surface area contributed by atoms with Crippen molar-refractivity contribution in [2.45, 2.75) is 45.1 Å². The minimum absolute atomic E-state index is 0.231. The first-order valence-corrected chi connectivity index (χ1v) is 9.63. The van der Waals surface area contributed by atoms with Crippen molar-refractivity contribution >= 4 is 17.6 Å². The van der Waals surface area contributed by atoms with Crippen LogP contribution in [-0.4, -0.2) is 33.1 Å². The van der Waals surface area contributed by atoms with Crippen molar-refractivity contribution < 1.29 is 9.59 Å². The van der Waals surface area contributed by atoms with Gasteiger partial charge in [-0.05, 0) is 67.6 Å². The Kier molecular flexibility index (Phi) is 4.92. The van der Waals surface area contributed by atoms with E-state index in [1.165, 1.54) is 37.7 Å². The largest absolute Gasteiger partial charge is 0.347 e. The molecule has 2 aliphatic rings. The second kappa shape index (κ2) is 7.50. The van der Waals surface area contributed by atoms with E-state index in [0.29, 0.717) is 18.9 Å². The molecular weight excluding hydrogens is 342 g/mol. The molecule has 7 heteroatoms. The van der Waals surface area contributed by atoms with Gasteiger partial charge in [-0.15, -0.1) is 0 Å². The van der Waals surface area contributed by atoms with Crippen LogP contribution in [0.15, 0.2) is 36.8 Å². The van der Waals surface area contributed by atoms with Gasteiger partial charge in [-0.2, -0.15) is 5.10 Å². The predicted octanol–water partition coefficient (Wildman–Crippen LogP) is 2.16. The van der Waals surface area contributed by atoms with Crippen LogP contribution in [0.3, 0.4) is 0 Å². The number of carbonyl (C=O) groups is 2. The van der Waals surface area contributed by atoms with E-state index in [1.54, 1.807) is 29.3 Å². The topological polar surface area (TPSA) is 88.9 Å². The van der Waals surface area contributed by atoms with Gasteiger partial charge in [0.1, 0.15) is 0 Å². The highest BCUT2D eigenvalue weighted by Crippen LogP contribution is 2.53. The number of aromatic nitrogens is 3. The van der Waals surface area contributed by atoms with Gasteiger partial charge in [0.25, 0.3) is 0 Å². The fourth-order valence-electron chi connectivity index (χ4n) is 4.43. The standard InChI is InChI=1S/C20H25N5O2/c26-18(22-14-20-7-1-16(13-20)2-8-20)19(27)23-17-6-12-25(24-17)11-5-15-3-9-21-10-4-15/h3-4,6,9-10,12,16H,1-2,5,7-8,11,13-14H2,(H,22,26)(H,23,24,27). The second-order valence-corrected chi connectivity index (χ2v) is 7.85. The van der Waals surface area contributed by atoms with E-state index in [-0.39, 0.29) is 5.41 Å². The number of nitrogens with zero attached hydrogens (tertiary/aromatic N) is 3. The first-order valence-electron chi connectivity index (χ1n) is 9.63. The minimum Gasteiger partial charge on any atom is -0.347 e. The number of carbonyl (C=O) groups excluding carboxylic acids is 2. The van der Waals surface area contributed by atoms with Crippen LogP contribution in [0.5, 0.6) is 0 Å². The van der Waals surface area contributed by atoms with Crippen LogP contribution >= 0.6 is 0 Å². The number of pyridine rings is 1. The van der Waals surface area contributed by atoms with Gasteiger partial charge in [0.05, 0.1) is 0 Å². The van der Waals surface area contributed by atoms with Crippen LogP contribution < -0.4 is 10.6 Å². The van der Waals surface area contributed by atoms with E-state index in [0.717, 1.165) is 12.3 Å². The zero-order valence-corrected chi connectivity index (χ0v) is 15.4. The summed E-state index contributed by atoms with van der Waals surface area (Å²) in [5, 5.41) is 9.72. The SMILES string of the molecule is O=C(NCC12CCC(CC1)C2)C(=O)Nc1ccn(CCc2ccncc2)n1. The molecule has 2 aliphatic carbocycles. The third kappa shape index (κ3) is 4.18. The Morgan fingerprint density at radius 3 is 2.63 bits per heavy atom. The third-order valence-corrected chi connectivity index (χ3v) is 5.98. The first kappa shape index (κ1) is 17.7. The monoisotopic (exact) mass is 367 g/mol. The summed E-state index contributed by atoms with van der Waals surface area (Å²) in [6.07, 6.45) is 12.2. The zero-order chi connectivity index (χ0) is 18.7. The van der Waals surface area contributed by atoms with Crippen molar-refractivity contribution in [3.63, 3.8) is 0 Å². The van der Waals surface area contributed by atoms with E-state index in [2.05, 4.69) is 20.7 Å². The molecule has 2 saturated carbocycles. The van der Waals surface area contributed by atoms with E-state index in [9.17, 15) is 9.59 Å². The molecule has 0 aromatic carbocycles. The lowest BCUT2D eigenvalue weighted by atomic mass is 9.84. The fourth-order valence-corrected chi connectivity index (χ4v) is 4.43. The molecule has 2 amide bonds. The quantitative estimate of drug-likeness (QED) is 0.766. The maximum atomic E-state index is 12.1. The predicted molar refractivity (Wildman–Crippen MR) is 101 cm³/mol. The normalized spacial score (nSPS) is 23.3. The lowest BCUT2D eigenvalue weighted by molar-refractivity contribution is -0.136. The van der Waals surface area contributed by atoms with Crippen molar-refractivity contribution in [2.75, 3.05) is 11.9 Å². The number of hydrogen-bond acceptors (Lipinski definition) is 4. The summed E-state index contributed by atoms with van der Waals surface area (Å²) in [7, 11) is 0. The van der Waals surface area contributed by atoms with Crippen LogP contribution in [0.1, 0.15) is 37.7 Å². The van der Waals surface area contributed by atoms with Crippen molar-refractivity contribution in [3.05, 3.63) is 42.4 Å². The van der Waals surface area contributed by atoms with Gasteiger partial charge in [0.15, 0.2) is 5.82 Å². The molecule has 0 unspecified atom stereocenters. The Morgan fingerprint density at radius 1 is 1.15 bits per heavy atom. The molecule has 7 nitrogen and oxygen atoms in total. The number of aryl methyl sites for hydroxylation is 2. The average molecular weight is 367 g/mol. The van der Waals surface area contributed by atoms with E-state index < -0.39 is 11.8 Å². The molecule has 0 aliphatic heterocycles. The highest BCUT2D eigenvalue weighted by molar-refractivity contribution is 6.39. The molecule has 2 fully saturated rings. The summed E-state index contributed by atoms with van der Waals surface area (Å²) in [6, 6.07) is 5.63. The second-order valence-electron chi connectivity index (χ2n) is 7.85. The number of rotatable bonds is 6. The molecule has 0 atom stereocenters. The number of hydrogen-bond donors (Lipinski definition) is 2. The molecule has 142 valence electrons. The molecule has 2 heterocycles. The average Bonchev–Trinajstić information content (AvgIpc) is 3.42. The van der Waals surface area contributed by atoms with E-state index in [4.69, 9.17) is 0 Å². The lowest BCUT2D eigenvalue weighted by Gasteiger charge is -2.26. The first-order chi connectivity index (χ1) is 13.1. The number of nitrogens with one attached hydrogen (secondary N) is 2. The summed E-state index contributed by atoms with van der Waals surface area (Å²) in [5.74, 6) is -0.0129. The van der Waals surface area contributed by atoms with E-state index >= 15 is 0 Å². The van der Waals surface area contributed by atoms with Gasteiger partial charge in [-0.3, -0.25) is 19.3 Å². The lowest BCUT2D eigenvalue weighted by Crippen LogP contribution is -2.41. The molecule has 2 aromatic heterocycles. The Balaban J connectivity index is 1.24. The Bertz CT molecular complexity index is 809. The van der Waals surface area contributed by atoms with Gasteiger partial charge in [-0.25, -0.2) is 0 Å². The molecule has 2 bridgehead atoms. The zero-order valence-electron chi connectivity index (χ0n) is 15.4. The third-order valence-electron chi connectivity index (χ3n) is 5.98. The van der Waals surface area contributed by atoms with Crippen LogP contribution in [0.25, 0.3) is 0 Å². The highest BCUT2D eigenvalue weighted by Gasteiger charge is 2.44. The van der Waals surface area contributed by atoms with Crippen LogP contribution in [0.2, 0.25) is 0 Å². The van der Waals surface area contributed by atoms with Crippen LogP contribution in [-0.2, 0) is 22.6 Å². The highest BCUT2D eigenvalue weighted by atomic mass is 16.2. The van der Waals surface area contributed by atoms with Crippen LogP contribution in [0, 0.1) is 11.3 Å². The minimum atomic E-state index is -0.654. The number of anilines is 1. The Morgan fingerprint density at radius 2 is 1.93 bits per heavy atom. The van der Waals surface area contributed by atoms with Crippen molar-refractivity contribution in [3.8, 4) is 0 Å². The molecular formula is C20H25N5O2. The number of fused-ring (bicyclic) bond motifs is 2. The Hall–Kier alpha value is -2.70. The maximum Gasteiger partial charge on any atom is 0.314 e. The molecule has 0 spiro atoms. The Labute approximate surface area is 158 Å². The van der Waals surface area contributed by atoms with Crippen molar-refractivity contribution in [1.82, 2.24) is 20.1 Å². The smallest absolute Gasteiger partial charge is 0.314 e. The van der Waals surface area contributed by atoms with Gasteiger partial charge in [-0.1, -0.05) is 0 Å². The molecule has 4 rings (SSSR count). The molecule has 2 N–H and O–H groups in total. The molecule has 0 saturated heterocycles. The van der Waals surface area contributed by atoms with Gasteiger partial charge < -0.3 is 10.6 Å². The number of amides is 2. The molecule has 0 radical (unpaired) electrons. The molecule has 27 heavy (non-hydrogen) atoms. The maximum absolute atomic E-state index is 12.1. The van der Waals surface area contributed by atoms with E-state index in [1.807, 2.05) is 12.1 Å². The van der Waals surface area contributed by atoms with Crippen LogP contribution in [0.4, 0.5) is 5.82 Å². The van der Waals surface area contributed by atoms with Gasteiger partial charge in [0, 0.05) is 37.7 Å².